The topological polar surface area (TPSA) is 108 Å². The first-order valence-corrected chi connectivity index (χ1v) is 8.61. The second kappa shape index (κ2) is 8.44. The summed E-state index contributed by atoms with van der Waals surface area (Å²) in [5.74, 6) is 1.68. The molecule has 1 heterocycles. The van der Waals surface area contributed by atoms with Gasteiger partial charge in [-0.25, -0.2) is 0 Å². The van der Waals surface area contributed by atoms with Crippen molar-refractivity contribution < 1.29 is 14.4 Å². The molecule has 2 aromatic carbocycles. The number of non-ortho nitro benzene ring substituents is 1. The number of nitro benzene ring substituents is 1. The molecule has 0 atom stereocenters. The highest BCUT2D eigenvalue weighted by Crippen LogP contribution is 2.24. The summed E-state index contributed by atoms with van der Waals surface area (Å²) in [6.07, 6.45) is 1.65. The van der Waals surface area contributed by atoms with Crippen molar-refractivity contribution in [1.82, 2.24) is 14.9 Å². The van der Waals surface area contributed by atoms with Crippen LogP contribution in [0.4, 0.5) is 5.69 Å². The molecule has 0 amide bonds. The zero-order valence-electron chi connectivity index (χ0n) is 15.2. The van der Waals surface area contributed by atoms with Crippen LogP contribution in [0, 0.1) is 21.8 Å². The van der Waals surface area contributed by atoms with Gasteiger partial charge in [0.1, 0.15) is 23.9 Å². The van der Waals surface area contributed by atoms with Crippen molar-refractivity contribution in [2.24, 2.45) is 5.10 Å². The van der Waals surface area contributed by atoms with Gasteiger partial charge in [-0.15, -0.1) is 0 Å². The highest BCUT2D eigenvalue weighted by molar-refractivity contribution is 7.71. The van der Waals surface area contributed by atoms with Gasteiger partial charge < -0.3 is 9.47 Å². The van der Waals surface area contributed by atoms with Crippen molar-refractivity contribution in [3.05, 3.63) is 74.3 Å². The van der Waals surface area contributed by atoms with Crippen LogP contribution in [-0.2, 0) is 6.61 Å². The molecular weight excluding hydrogens is 382 g/mol. The molecule has 0 spiro atoms. The lowest BCUT2D eigenvalue weighted by Crippen LogP contribution is -2.01. The minimum atomic E-state index is -0.465. The molecule has 0 aliphatic rings. The third-order valence-electron chi connectivity index (χ3n) is 3.86. The van der Waals surface area contributed by atoms with Gasteiger partial charge in [-0.3, -0.25) is 15.2 Å². The van der Waals surface area contributed by atoms with Crippen LogP contribution in [0.15, 0.2) is 47.6 Å². The van der Waals surface area contributed by atoms with Crippen molar-refractivity contribution in [3.63, 3.8) is 0 Å². The molecule has 1 N–H and O–H groups in total. The standard InChI is InChI=1S/C18H17N5O4S/c1-12-20-21-18(28)22(12)19-10-13-6-7-17(26-2)14(8-13)11-27-16-5-3-4-15(9-16)23(24)25/h3-10H,11H2,1-2H3,(H,21,28). The van der Waals surface area contributed by atoms with Gasteiger partial charge in [-0.1, -0.05) is 6.07 Å². The number of aromatic amines is 1. The monoisotopic (exact) mass is 399 g/mol. The van der Waals surface area contributed by atoms with E-state index in [4.69, 9.17) is 21.7 Å². The number of hydrogen-bond donors (Lipinski definition) is 1. The number of hydrogen-bond acceptors (Lipinski definition) is 7. The van der Waals surface area contributed by atoms with E-state index >= 15 is 0 Å². The Morgan fingerprint density at radius 3 is 2.86 bits per heavy atom. The summed E-state index contributed by atoms with van der Waals surface area (Å²) in [5, 5.41) is 21.9. The molecule has 144 valence electrons. The van der Waals surface area contributed by atoms with E-state index < -0.39 is 4.92 Å². The summed E-state index contributed by atoms with van der Waals surface area (Å²) < 4.78 is 13.0. The van der Waals surface area contributed by atoms with Crippen molar-refractivity contribution >= 4 is 24.1 Å². The molecular formula is C18H17N5O4S. The van der Waals surface area contributed by atoms with E-state index in [1.807, 2.05) is 12.1 Å². The van der Waals surface area contributed by atoms with E-state index in [9.17, 15) is 10.1 Å². The van der Waals surface area contributed by atoms with Gasteiger partial charge in [0, 0.05) is 11.6 Å². The van der Waals surface area contributed by atoms with E-state index in [1.54, 1.807) is 38.4 Å². The number of aryl methyl sites for hydroxylation is 1. The number of aromatic nitrogens is 3. The number of ether oxygens (including phenoxy) is 2. The number of rotatable bonds is 7. The molecule has 0 radical (unpaired) electrons. The quantitative estimate of drug-likeness (QED) is 0.281. The fourth-order valence-electron chi connectivity index (χ4n) is 2.47. The van der Waals surface area contributed by atoms with Crippen LogP contribution in [0.25, 0.3) is 0 Å². The molecule has 0 aliphatic heterocycles. The third-order valence-corrected chi connectivity index (χ3v) is 4.13. The van der Waals surface area contributed by atoms with Crippen molar-refractivity contribution in [2.75, 3.05) is 7.11 Å². The Kier molecular flexibility index (Phi) is 5.80. The highest BCUT2D eigenvalue weighted by atomic mass is 32.1. The van der Waals surface area contributed by atoms with Crippen LogP contribution >= 0.6 is 12.2 Å². The largest absolute Gasteiger partial charge is 0.496 e. The summed E-state index contributed by atoms with van der Waals surface area (Å²) in [6, 6.07) is 11.5. The summed E-state index contributed by atoms with van der Waals surface area (Å²) >= 11 is 5.12. The van der Waals surface area contributed by atoms with Gasteiger partial charge >= 0.3 is 0 Å². The van der Waals surface area contributed by atoms with E-state index in [2.05, 4.69) is 15.3 Å². The van der Waals surface area contributed by atoms with Crippen LogP contribution in [0.5, 0.6) is 11.5 Å². The molecule has 0 aliphatic carbocycles. The number of benzene rings is 2. The SMILES string of the molecule is COc1ccc(C=Nn2c(C)n[nH]c2=S)cc1COc1cccc([N+](=O)[O-])c1. The summed E-state index contributed by atoms with van der Waals surface area (Å²) in [4.78, 5) is 10.4. The van der Waals surface area contributed by atoms with Crippen LogP contribution < -0.4 is 9.47 Å². The zero-order valence-corrected chi connectivity index (χ0v) is 16.0. The van der Waals surface area contributed by atoms with Gasteiger partial charge in [0.05, 0.1) is 24.3 Å². The van der Waals surface area contributed by atoms with E-state index in [0.717, 1.165) is 11.1 Å². The molecule has 0 bridgehead atoms. The normalized spacial score (nSPS) is 10.9. The lowest BCUT2D eigenvalue weighted by Gasteiger charge is -2.11. The Bertz CT molecular complexity index is 1090. The number of nitrogens with one attached hydrogen (secondary N) is 1. The molecule has 28 heavy (non-hydrogen) atoms. The molecule has 0 fully saturated rings. The lowest BCUT2D eigenvalue weighted by molar-refractivity contribution is -0.384. The van der Waals surface area contributed by atoms with Gasteiger partial charge in [0.15, 0.2) is 0 Å². The van der Waals surface area contributed by atoms with E-state index in [-0.39, 0.29) is 12.3 Å². The third kappa shape index (κ3) is 4.41. The first-order valence-electron chi connectivity index (χ1n) is 8.20. The first kappa shape index (κ1) is 19.2. The number of H-pyrrole nitrogens is 1. The Morgan fingerprint density at radius 1 is 1.36 bits per heavy atom. The number of nitrogens with zero attached hydrogens (tertiary/aromatic N) is 4. The maximum atomic E-state index is 10.9. The number of methoxy groups -OCH3 is 1. The van der Waals surface area contributed by atoms with Crippen LogP contribution in [-0.4, -0.2) is 33.1 Å². The Labute approximate surface area is 165 Å². The molecule has 3 rings (SSSR count). The second-order valence-electron chi connectivity index (χ2n) is 5.75. The molecule has 0 unspecified atom stereocenters. The van der Waals surface area contributed by atoms with Crippen LogP contribution in [0.1, 0.15) is 17.0 Å². The Morgan fingerprint density at radius 2 is 2.18 bits per heavy atom. The van der Waals surface area contributed by atoms with Crippen LogP contribution in [0.3, 0.4) is 0 Å². The predicted octanol–water partition coefficient (Wildman–Crippen LogP) is 3.63. The van der Waals surface area contributed by atoms with Gasteiger partial charge in [-0.05, 0) is 49.0 Å². The highest BCUT2D eigenvalue weighted by Gasteiger charge is 2.09. The lowest BCUT2D eigenvalue weighted by atomic mass is 10.1. The maximum Gasteiger partial charge on any atom is 0.273 e. The summed E-state index contributed by atoms with van der Waals surface area (Å²) in [6.45, 7) is 1.96. The zero-order chi connectivity index (χ0) is 20.1. The smallest absolute Gasteiger partial charge is 0.273 e. The van der Waals surface area contributed by atoms with Gasteiger partial charge in [0.25, 0.3) is 5.69 Å². The van der Waals surface area contributed by atoms with Crippen molar-refractivity contribution in [2.45, 2.75) is 13.5 Å². The minimum absolute atomic E-state index is 0.0300. The van der Waals surface area contributed by atoms with Crippen molar-refractivity contribution in [1.29, 1.82) is 0 Å². The fraction of sp³-hybridized carbons (Fsp3) is 0.167. The summed E-state index contributed by atoms with van der Waals surface area (Å²) in [7, 11) is 1.56. The Hall–Kier alpha value is -3.53. The fourth-order valence-corrected chi connectivity index (χ4v) is 2.70. The Balaban J connectivity index is 1.80. The molecule has 10 heteroatoms. The van der Waals surface area contributed by atoms with Gasteiger partial charge in [-0.2, -0.15) is 14.9 Å². The summed E-state index contributed by atoms with van der Waals surface area (Å²) in [5.41, 5.74) is 1.55. The molecule has 3 aromatic rings. The van der Waals surface area contributed by atoms with Gasteiger partial charge in [0.2, 0.25) is 4.77 Å². The first-order chi connectivity index (χ1) is 13.5. The molecule has 0 saturated carbocycles. The average molecular weight is 399 g/mol. The van der Waals surface area contributed by atoms with E-state index in [1.165, 1.54) is 16.8 Å². The van der Waals surface area contributed by atoms with Crippen LogP contribution in [0.2, 0.25) is 0 Å². The number of nitro groups is 1. The molecule has 9 nitrogen and oxygen atoms in total. The average Bonchev–Trinajstić information content (AvgIpc) is 3.02. The molecule has 1 aromatic heterocycles. The molecule has 0 saturated heterocycles. The second-order valence-corrected chi connectivity index (χ2v) is 6.13. The van der Waals surface area contributed by atoms with E-state index in [0.29, 0.717) is 22.1 Å². The van der Waals surface area contributed by atoms with Crippen molar-refractivity contribution in [3.8, 4) is 11.5 Å². The predicted molar refractivity (Wildman–Crippen MR) is 106 cm³/mol. The minimum Gasteiger partial charge on any atom is -0.496 e. The maximum absolute atomic E-state index is 10.9.